The lowest BCUT2D eigenvalue weighted by atomic mass is 9.63. The zero-order chi connectivity index (χ0) is 13.6. The Morgan fingerprint density at radius 3 is 2.10 bits per heavy atom. The Balaban J connectivity index is 1.99. The number of carbonyl (C=O) groups is 1. The van der Waals surface area contributed by atoms with Crippen molar-refractivity contribution >= 4 is 17.2 Å². The average Bonchev–Trinajstić information content (AvgIpc) is 2.48. The molecule has 2 nitrogen and oxygen atoms in total. The molecule has 2 heteroatoms. The fraction of sp³-hybridized carbons (Fsp3) is 0.278. The van der Waals surface area contributed by atoms with Crippen molar-refractivity contribution in [3.8, 4) is 0 Å². The number of hydrogen-bond acceptors (Lipinski definition) is 2. The van der Waals surface area contributed by atoms with Crippen LogP contribution in [0.25, 0.3) is 0 Å². The maximum atomic E-state index is 12.1. The van der Waals surface area contributed by atoms with Gasteiger partial charge in [-0.15, -0.1) is 0 Å². The van der Waals surface area contributed by atoms with E-state index in [9.17, 15) is 4.79 Å². The van der Waals surface area contributed by atoms with E-state index in [0.717, 1.165) is 30.6 Å². The van der Waals surface area contributed by atoms with Crippen LogP contribution in [0.4, 0.5) is 11.4 Å². The van der Waals surface area contributed by atoms with Gasteiger partial charge in [0.1, 0.15) is 5.78 Å². The summed E-state index contributed by atoms with van der Waals surface area (Å²) in [5.74, 6) is 0.391. The van der Waals surface area contributed by atoms with Gasteiger partial charge in [-0.1, -0.05) is 36.4 Å². The molecule has 1 spiro atoms. The number of nitrogens with one attached hydrogen (secondary N) is 1. The molecular weight excluding hydrogens is 246 g/mol. The van der Waals surface area contributed by atoms with Gasteiger partial charge in [0.15, 0.2) is 0 Å². The van der Waals surface area contributed by atoms with Crippen molar-refractivity contribution in [2.75, 3.05) is 5.32 Å². The van der Waals surface area contributed by atoms with Gasteiger partial charge >= 0.3 is 0 Å². The number of hydrogen-bond donors (Lipinski definition) is 1. The summed E-state index contributed by atoms with van der Waals surface area (Å²) in [4.78, 5) is 12.1. The second kappa shape index (κ2) is 4.20. The number of ketones is 1. The number of Topliss-reactive ketones (excluding diaryl/α,β-unsaturated/α-hetero) is 1. The maximum Gasteiger partial charge on any atom is 0.134 e. The lowest BCUT2D eigenvalue weighted by Gasteiger charge is -2.43. The highest BCUT2D eigenvalue weighted by Crippen LogP contribution is 2.52. The fourth-order valence-electron chi connectivity index (χ4n) is 3.87. The van der Waals surface area contributed by atoms with Gasteiger partial charge in [-0.2, -0.15) is 0 Å². The summed E-state index contributed by atoms with van der Waals surface area (Å²) in [6, 6.07) is 16.9. The van der Waals surface area contributed by atoms with Crippen LogP contribution < -0.4 is 5.32 Å². The number of rotatable bonds is 0. The van der Waals surface area contributed by atoms with Gasteiger partial charge in [0, 0.05) is 29.6 Å². The van der Waals surface area contributed by atoms with Crippen LogP contribution in [0.5, 0.6) is 0 Å². The Bertz CT molecular complexity index is 644. The van der Waals surface area contributed by atoms with Crippen molar-refractivity contribution in [3.63, 3.8) is 0 Å². The predicted octanol–water partition coefficient (Wildman–Crippen LogP) is 4.17. The molecule has 0 bridgehead atoms. The van der Waals surface area contributed by atoms with Crippen LogP contribution in [0.1, 0.15) is 36.8 Å². The molecule has 0 unspecified atom stereocenters. The minimum atomic E-state index is -0.117. The minimum Gasteiger partial charge on any atom is -0.355 e. The second-order valence-corrected chi connectivity index (χ2v) is 5.87. The van der Waals surface area contributed by atoms with Crippen molar-refractivity contribution in [3.05, 3.63) is 59.7 Å². The van der Waals surface area contributed by atoms with Gasteiger partial charge < -0.3 is 5.32 Å². The highest BCUT2D eigenvalue weighted by molar-refractivity contribution is 5.86. The molecule has 1 saturated carbocycles. The standard InChI is InChI=1S/C18H17NO/c20-13-6-5-11-18(12-13)14-7-1-3-9-16(14)19-17-10-4-2-8-15(17)18/h1-4,7-10,19H,5-6,11-12H2. The molecule has 0 amide bonds. The van der Waals surface area contributed by atoms with Crippen molar-refractivity contribution in [2.45, 2.75) is 31.1 Å². The third-order valence-electron chi connectivity index (χ3n) is 4.71. The number of fused-ring (bicyclic) bond motifs is 4. The molecule has 1 fully saturated rings. The first-order valence-electron chi connectivity index (χ1n) is 7.27. The second-order valence-electron chi connectivity index (χ2n) is 5.87. The summed E-state index contributed by atoms with van der Waals surface area (Å²) >= 11 is 0. The van der Waals surface area contributed by atoms with Gasteiger partial charge in [0.2, 0.25) is 0 Å². The van der Waals surface area contributed by atoms with E-state index in [1.54, 1.807) is 0 Å². The first kappa shape index (κ1) is 11.7. The van der Waals surface area contributed by atoms with Crippen LogP contribution in [0.15, 0.2) is 48.5 Å². The molecule has 0 aromatic heterocycles. The topological polar surface area (TPSA) is 29.1 Å². The molecule has 1 N–H and O–H groups in total. The summed E-state index contributed by atoms with van der Waals surface area (Å²) in [5, 5.41) is 3.52. The molecule has 0 atom stereocenters. The molecule has 1 aliphatic carbocycles. The normalized spacial score (nSPS) is 19.1. The summed E-state index contributed by atoms with van der Waals surface area (Å²) in [7, 11) is 0. The zero-order valence-electron chi connectivity index (χ0n) is 11.4. The maximum absolute atomic E-state index is 12.1. The summed E-state index contributed by atoms with van der Waals surface area (Å²) in [6.45, 7) is 0. The Hall–Kier alpha value is -2.09. The van der Waals surface area contributed by atoms with Gasteiger partial charge in [-0.05, 0) is 36.1 Å². The number of anilines is 2. The molecule has 2 aliphatic rings. The van der Waals surface area contributed by atoms with Crippen molar-refractivity contribution in [1.82, 2.24) is 0 Å². The van der Waals surface area contributed by atoms with E-state index in [0.29, 0.717) is 12.2 Å². The zero-order valence-corrected chi connectivity index (χ0v) is 11.4. The van der Waals surface area contributed by atoms with Gasteiger partial charge in [-0.25, -0.2) is 0 Å². The predicted molar refractivity (Wildman–Crippen MR) is 80.4 cm³/mol. The quantitative estimate of drug-likeness (QED) is 0.772. The SMILES string of the molecule is O=C1CCCC2(C1)c1ccccc1Nc1ccccc12. The summed E-state index contributed by atoms with van der Waals surface area (Å²) in [5.41, 5.74) is 4.76. The molecular formula is C18H17NO. The van der Waals surface area contributed by atoms with Gasteiger partial charge in [0.25, 0.3) is 0 Å². The van der Waals surface area contributed by atoms with Crippen LogP contribution in [0.3, 0.4) is 0 Å². The molecule has 2 aromatic carbocycles. The number of carbonyl (C=O) groups excluding carboxylic acids is 1. The Labute approximate surface area is 118 Å². The van der Waals surface area contributed by atoms with E-state index < -0.39 is 0 Å². The first-order valence-corrected chi connectivity index (χ1v) is 7.27. The van der Waals surface area contributed by atoms with E-state index in [2.05, 4.69) is 53.8 Å². The Morgan fingerprint density at radius 2 is 1.50 bits per heavy atom. The third-order valence-corrected chi connectivity index (χ3v) is 4.71. The highest BCUT2D eigenvalue weighted by atomic mass is 16.1. The third kappa shape index (κ3) is 1.54. The smallest absolute Gasteiger partial charge is 0.134 e. The summed E-state index contributed by atoms with van der Waals surface area (Å²) < 4.78 is 0. The van der Waals surface area contributed by atoms with Crippen LogP contribution in [-0.4, -0.2) is 5.78 Å². The van der Waals surface area contributed by atoms with Crippen LogP contribution in [0, 0.1) is 0 Å². The Kier molecular flexibility index (Phi) is 2.46. The minimum absolute atomic E-state index is 0.117. The lowest BCUT2D eigenvalue weighted by Crippen LogP contribution is -2.37. The fourth-order valence-corrected chi connectivity index (χ4v) is 3.87. The Morgan fingerprint density at radius 1 is 0.900 bits per heavy atom. The van der Waals surface area contributed by atoms with Crippen molar-refractivity contribution in [2.24, 2.45) is 0 Å². The number of para-hydroxylation sites is 2. The molecule has 1 aliphatic heterocycles. The summed E-state index contributed by atoms with van der Waals surface area (Å²) in [6.07, 6.45) is 3.43. The van der Waals surface area contributed by atoms with Crippen molar-refractivity contribution < 1.29 is 4.79 Å². The van der Waals surface area contributed by atoms with Crippen LogP contribution in [0.2, 0.25) is 0 Å². The molecule has 1 heterocycles. The van der Waals surface area contributed by atoms with Gasteiger partial charge in [0.05, 0.1) is 0 Å². The first-order chi connectivity index (χ1) is 9.79. The van der Waals surface area contributed by atoms with E-state index in [4.69, 9.17) is 0 Å². The van der Waals surface area contributed by atoms with Crippen LogP contribution in [-0.2, 0) is 10.2 Å². The van der Waals surface area contributed by atoms with E-state index >= 15 is 0 Å². The average molecular weight is 263 g/mol. The molecule has 20 heavy (non-hydrogen) atoms. The molecule has 100 valence electrons. The monoisotopic (exact) mass is 263 g/mol. The molecule has 0 saturated heterocycles. The van der Waals surface area contributed by atoms with Crippen LogP contribution >= 0.6 is 0 Å². The molecule has 0 radical (unpaired) electrons. The van der Waals surface area contributed by atoms with Crippen molar-refractivity contribution in [1.29, 1.82) is 0 Å². The highest BCUT2D eigenvalue weighted by Gasteiger charge is 2.43. The lowest BCUT2D eigenvalue weighted by molar-refractivity contribution is -0.121. The largest absolute Gasteiger partial charge is 0.355 e. The number of benzene rings is 2. The van der Waals surface area contributed by atoms with E-state index in [1.165, 1.54) is 11.1 Å². The van der Waals surface area contributed by atoms with Gasteiger partial charge in [-0.3, -0.25) is 4.79 Å². The molecule has 4 rings (SSSR count). The van der Waals surface area contributed by atoms with E-state index in [-0.39, 0.29) is 5.41 Å². The molecule has 2 aromatic rings. The van der Waals surface area contributed by atoms with E-state index in [1.807, 2.05) is 0 Å².